The molecular formula is C20H24N4OS2. The number of hydrogen-bond acceptors (Lipinski definition) is 5. The smallest absolute Gasteiger partial charge is 0.233 e. The van der Waals surface area contributed by atoms with Gasteiger partial charge in [0.15, 0.2) is 5.16 Å². The van der Waals surface area contributed by atoms with E-state index < -0.39 is 0 Å². The molecule has 0 saturated heterocycles. The Morgan fingerprint density at radius 2 is 2.04 bits per heavy atom. The normalized spacial score (nSPS) is 11.0. The third-order valence-electron chi connectivity index (χ3n) is 4.39. The van der Waals surface area contributed by atoms with Gasteiger partial charge < -0.3 is 4.90 Å². The fourth-order valence-corrected chi connectivity index (χ4v) is 4.47. The van der Waals surface area contributed by atoms with Gasteiger partial charge in [-0.25, -0.2) is 0 Å². The Kier molecular flexibility index (Phi) is 6.34. The molecule has 0 unspecified atom stereocenters. The van der Waals surface area contributed by atoms with Gasteiger partial charge in [0.05, 0.1) is 18.0 Å². The number of carbonyl (C=O) groups excluding carboxylic acids is 1. The highest BCUT2D eigenvalue weighted by Crippen LogP contribution is 2.25. The molecule has 3 rings (SSSR count). The molecule has 5 nitrogen and oxygen atoms in total. The molecule has 0 fully saturated rings. The van der Waals surface area contributed by atoms with Crippen LogP contribution in [0.3, 0.4) is 0 Å². The van der Waals surface area contributed by atoms with Crippen LogP contribution in [0.4, 0.5) is 0 Å². The van der Waals surface area contributed by atoms with Crippen LogP contribution in [0.5, 0.6) is 0 Å². The third-order valence-corrected chi connectivity index (χ3v) is 6.16. The van der Waals surface area contributed by atoms with Crippen molar-refractivity contribution in [3.8, 4) is 5.69 Å². The van der Waals surface area contributed by atoms with Crippen LogP contribution in [0, 0.1) is 20.8 Å². The molecule has 0 aliphatic rings. The van der Waals surface area contributed by atoms with E-state index in [1.54, 1.807) is 11.3 Å². The van der Waals surface area contributed by atoms with Crippen molar-refractivity contribution in [1.82, 2.24) is 19.7 Å². The lowest BCUT2D eigenvalue weighted by molar-refractivity contribution is -0.128. The summed E-state index contributed by atoms with van der Waals surface area (Å²) in [7, 11) is 0. The molecule has 2 heterocycles. The number of nitrogens with zero attached hydrogens (tertiary/aromatic N) is 4. The lowest BCUT2D eigenvalue weighted by Crippen LogP contribution is -2.31. The molecule has 3 aromatic rings. The second-order valence-corrected chi connectivity index (χ2v) is 8.41. The number of hydrogen-bond donors (Lipinski definition) is 0. The maximum Gasteiger partial charge on any atom is 0.233 e. The lowest BCUT2D eigenvalue weighted by atomic mass is 10.1. The predicted molar refractivity (Wildman–Crippen MR) is 112 cm³/mol. The van der Waals surface area contributed by atoms with E-state index >= 15 is 0 Å². The Labute approximate surface area is 168 Å². The van der Waals surface area contributed by atoms with Crippen LogP contribution in [0.15, 0.2) is 40.9 Å². The zero-order valence-corrected chi connectivity index (χ0v) is 17.7. The van der Waals surface area contributed by atoms with E-state index in [0.29, 0.717) is 18.8 Å². The molecule has 1 aromatic carbocycles. The summed E-state index contributed by atoms with van der Waals surface area (Å²) in [6, 6.07) is 10.4. The summed E-state index contributed by atoms with van der Waals surface area (Å²) in [6.07, 6.45) is 0. The van der Waals surface area contributed by atoms with Gasteiger partial charge >= 0.3 is 0 Å². The number of carbonyl (C=O) groups is 1. The molecule has 27 heavy (non-hydrogen) atoms. The fraction of sp³-hybridized carbons (Fsp3) is 0.350. The van der Waals surface area contributed by atoms with Crippen LogP contribution in [-0.2, 0) is 11.3 Å². The molecule has 0 atom stereocenters. The summed E-state index contributed by atoms with van der Waals surface area (Å²) in [5.41, 5.74) is 3.41. The first-order valence-corrected chi connectivity index (χ1v) is 10.8. The van der Waals surface area contributed by atoms with Crippen LogP contribution in [0.2, 0.25) is 0 Å². The molecule has 0 aliphatic heterocycles. The summed E-state index contributed by atoms with van der Waals surface area (Å²) >= 11 is 3.12. The van der Waals surface area contributed by atoms with Crippen LogP contribution >= 0.6 is 23.1 Å². The summed E-state index contributed by atoms with van der Waals surface area (Å²) in [5, 5.41) is 11.3. The Hall–Kier alpha value is -2.12. The van der Waals surface area contributed by atoms with Gasteiger partial charge in [-0.3, -0.25) is 9.36 Å². The molecule has 0 N–H and O–H groups in total. The molecule has 0 bridgehead atoms. The van der Waals surface area contributed by atoms with Crippen molar-refractivity contribution in [2.24, 2.45) is 0 Å². The average molecular weight is 401 g/mol. The molecule has 2 aromatic heterocycles. The molecule has 0 spiro atoms. The Bertz CT molecular complexity index is 918. The van der Waals surface area contributed by atoms with Crippen molar-refractivity contribution < 1.29 is 4.79 Å². The number of benzene rings is 1. The minimum absolute atomic E-state index is 0.115. The first kappa shape index (κ1) is 19.6. The largest absolute Gasteiger partial charge is 0.337 e. The van der Waals surface area contributed by atoms with Crippen LogP contribution in [0.25, 0.3) is 5.69 Å². The monoisotopic (exact) mass is 400 g/mol. The summed E-state index contributed by atoms with van der Waals surface area (Å²) in [5.74, 6) is 1.29. The van der Waals surface area contributed by atoms with Crippen LogP contribution < -0.4 is 0 Å². The first-order valence-electron chi connectivity index (χ1n) is 8.92. The molecule has 0 saturated carbocycles. The molecule has 142 valence electrons. The zero-order chi connectivity index (χ0) is 19.4. The molecular weight excluding hydrogens is 376 g/mol. The predicted octanol–water partition coefficient (Wildman–Crippen LogP) is 4.39. The van der Waals surface area contributed by atoms with Crippen molar-refractivity contribution in [1.29, 1.82) is 0 Å². The first-order chi connectivity index (χ1) is 13.0. The van der Waals surface area contributed by atoms with Gasteiger partial charge in [0.1, 0.15) is 5.82 Å². The van der Waals surface area contributed by atoms with E-state index in [4.69, 9.17) is 0 Å². The standard InChI is InChI=1S/C20H24N4OS2/c1-5-23(12-17-7-6-10-26-17)19(25)13-27-20-22-21-16(4)24(20)18-11-14(2)8-9-15(18)3/h6-11H,5,12-13H2,1-4H3. The van der Waals surface area contributed by atoms with Crippen LogP contribution in [0.1, 0.15) is 28.8 Å². The van der Waals surface area contributed by atoms with Gasteiger partial charge in [-0.2, -0.15) is 0 Å². The summed E-state index contributed by atoms with van der Waals surface area (Å²) < 4.78 is 2.04. The van der Waals surface area contributed by atoms with E-state index in [2.05, 4.69) is 48.3 Å². The molecule has 1 amide bonds. The number of thioether (sulfide) groups is 1. The Morgan fingerprint density at radius 1 is 1.22 bits per heavy atom. The molecule has 0 aliphatic carbocycles. The van der Waals surface area contributed by atoms with Gasteiger partial charge in [0, 0.05) is 11.4 Å². The van der Waals surface area contributed by atoms with E-state index in [1.807, 2.05) is 34.8 Å². The van der Waals surface area contributed by atoms with Gasteiger partial charge in [0.2, 0.25) is 5.91 Å². The SMILES string of the molecule is CCN(Cc1cccs1)C(=O)CSc1nnc(C)n1-c1cc(C)ccc1C. The summed E-state index contributed by atoms with van der Waals surface area (Å²) in [6.45, 7) is 9.46. The van der Waals surface area contributed by atoms with Crippen molar-refractivity contribution in [3.05, 3.63) is 57.5 Å². The number of rotatable bonds is 7. The number of thiophene rings is 1. The minimum atomic E-state index is 0.115. The van der Waals surface area contributed by atoms with E-state index in [0.717, 1.165) is 22.2 Å². The highest BCUT2D eigenvalue weighted by atomic mass is 32.2. The van der Waals surface area contributed by atoms with Crippen molar-refractivity contribution in [2.75, 3.05) is 12.3 Å². The maximum absolute atomic E-state index is 12.7. The quantitative estimate of drug-likeness (QED) is 0.552. The number of aryl methyl sites for hydroxylation is 3. The minimum Gasteiger partial charge on any atom is -0.337 e. The van der Waals surface area contributed by atoms with E-state index in [-0.39, 0.29) is 5.91 Å². The van der Waals surface area contributed by atoms with Gasteiger partial charge in [-0.15, -0.1) is 21.5 Å². The maximum atomic E-state index is 12.7. The molecule has 7 heteroatoms. The van der Waals surface area contributed by atoms with Crippen molar-refractivity contribution in [2.45, 2.75) is 39.4 Å². The van der Waals surface area contributed by atoms with Gasteiger partial charge in [-0.05, 0) is 56.3 Å². The zero-order valence-electron chi connectivity index (χ0n) is 16.1. The highest BCUT2D eigenvalue weighted by molar-refractivity contribution is 7.99. The van der Waals surface area contributed by atoms with Crippen molar-refractivity contribution >= 4 is 29.0 Å². The lowest BCUT2D eigenvalue weighted by Gasteiger charge is -2.20. The number of aromatic nitrogens is 3. The summed E-state index contributed by atoms with van der Waals surface area (Å²) in [4.78, 5) is 15.8. The van der Waals surface area contributed by atoms with E-state index in [1.165, 1.54) is 22.2 Å². The number of amides is 1. The van der Waals surface area contributed by atoms with E-state index in [9.17, 15) is 4.79 Å². The van der Waals surface area contributed by atoms with Gasteiger partial charge in [0.25, 0.3) is 0 Å². The Morgan fingerprint density at radius 3 is 2.74 bits per heavy atom. The highest BCUT2D eigenvalue weighted by Gasteiger charge is 2.18. The van der Waals surface area contributed by atoms with Gasteiger partial charge in [-0.1, -0.05) is 30.0 Å². The second kappa shape index (κ2) is 8.71. The van der Waals surface area contributed by atoms with Crippen molar-refractivity contribution in [3.63, 3.8) is 0 Å². The molecule has 0 radical (unpaired) electrons. The average Bonchev–Trinajstić information content (AvgIpc) is 3.29. The third kappa shape index (κ3) is 4.59. The Balaban J connectivity index is 1.75. The van der Waals surface area contributed by atoms with Crippen LogP contribution in [-0.4, -0.2) is 37.9 Å². The fourth-order valence-electron chi connectivity index (χ4n) is 2.86. The second-order valence-electron chi connectivity index (χ2n) is 6.43. The topological polar surface area (TPSA) is 51.0 Å².